The Morgan fingerprint density at radius 1 is 1.20 bits per heavy atom. The highest BCUT2D eigenvalue weighted by molar-refractivity contribution is 7.98. The van der Waals surface area contributed by atoms with Gasteiger partial charge in [0.15, 0.2) is 5.65 Å². The first kappa shape index (κ1) is 17.8. The summed E-state index contributed by atoms with van der Waals surface area (Å²) in [5.41, 5.74) is 1.58. The number of benzene rings is 1. The largest absolute Gasteiger partial charge is 0.443 e. The summed E-state index contributed by atoms with van der Waals surface area (Å²) in [5.74, 6) is 0. The fraction of sp³-hybridized carbons (Fsp3) is 0.263. The molecule has 0 bridgehead atoms. The van der Waals surface area contributed by atoms with Crippen LogP contribution >= 0.6 is 23.4 Å². The van der Waals surface area contributed by atoms with E-state index in [1.807, 2.05) is 63.4 Å². The van der Waals surface area contributed by atoms with Crippen LogP contribution in [0.4, 0.5) is 4.79 Å². The number of thioether (sulfide) groups is 1. The minimum atomic E-state index is -0.609. The van der Waals surface area contributed by atoms with Crippen molar-refractivity contribution in [2.24, 2.45) is 0 Å². The van der Waals surface area contributed by atoms with Crippen LogP contribution in [0.2, 0.25) is 5.15 Å². The van der Waals surface area contributed by atoms with E-state index in [9.17, 15) is 4.79 Å². The minimum Gasteiger partial charge on any atom is -0.443 e. The molecule has 2 heterocycles. The summed E-state index contributed by atoms with van der Waals surface area (Å²) in [4.78, 5) is 18.3. The normalized spacial score (nSPS) is 11.7. The number of aromatic nitrogens is 2. The Morgan fingerprint density at radius 3 is 2.60 bits per heavy atom. The van der Waals surface area contributed by atoms with Crippen molar-refractivity contribution in [3.05, 3.63) is 47.6 Å². The number of hydrogen-bond acceptors (Lipinski definition) is 4. The van der Waals surface area contributed by atoms with Gasteiger partial charge in [0.25, 0.3) is 0 Å². The number of carbonyl (C=O) groups is 1. The number of ether oxygens (including phenoxy) is 1. The van der Waals surface area contributed by atoms with Gasteiger partial charge in [-0.1, -0.05) is 29.8 Å². The number of nitrogens with zero attached hydrogens (tertiary/aromatic N) is 2. The monoisotopic (exact) mass is 374 g/mol. The maximum atomic E-state index is 12.9. The Labute approximate surface area is 156 Å². The second kappa shape index (κ2) is 6.73. The molecule has 2 aromatic heterocycles. The van der Waals surface area contributed by atoms with Gasteiger partial charge in [0.2, 0.25) is 0 Å². The molecule has 0 aliphatic rings. The van der Waals surface area contributed by atoms with Crippen LogP contribution in [0.5, 0.6) is 0 Å². The van der Waals surface area contributed by atoms with Crippen molar-refractivity contribution in [3.8, 4) is 11.3 Å². The SMILES string of the molecule is CSc1ccccc1-c1cc2ccc(Cl)nc2n1C(=O)OC(C)(C)C. The predicted octanol–water partition coefficient (Wildman–Crippen LogP) is 5.86. The summed E-state index contributed by atoms with van der Waals surface area (Å²) in [6.07, 6.45) is 1.54. The summed E-state index contributed by atoms with van der Waals surface area (Å²) >= 11 is 7.69. The lowest BCUT2D eigenvalue weighted by Gasteiger charge is -2.21. The average Bonchev–Trinajstić information content (AvgIpc) is 2.91. The lowest BCUT2D eigenvalue weighted by atomic mass is 10.1. The van der Waals surface area contributed by atoms with E-state index in [4.69, 9.17) is 16.3 Å². The fourth-order valence-electron chi connectivity index (χ4n) is 2.60. The molecule has 0 N–H and O–H groups in total. The minimum absolute atomic E-state index is 0.333. The molecule has 130 valence electrons. The summed E-state index contributed by atoms with van der Waals surface area (Å²) in [6, 6.07) is 13.5. The summed E-state index contributed by atoms with van der Waals surface area (Å²) in [6.45, 7) is 5.52. The third-order valence-corrected chi connectivity index (χ3v) is 4.58. The van der Waals surface area contributed by atoms with Gasteiger partial charge in [0.05, 0.1) is 5.69 Å². The summed E-state index contributed by atoms with van der Waals surface area (Å²) in [5, 5.41) is 1.17. The van der Waals surface area contributed by atoms with Crippen molar-refractivity contribution in [1.29, 1.82) is 0 Å². The molecule has 6 heteroatoms. The lowest BCUT2D eigenvalue weighted by molar-refractivity contribution is 0.0546. The van der Waals surface area contributed by atoms with Gasteiger partial charge in [-0.2, -0.15) is 0 Å². The molecule has 0 radical (unpaired) electrons. The Balaban J connectivity index is 2.28. The van der Waals surface area contributed by atoms with E-state index in [2.05, 4.69) is 4.98 Å². The second-order valence-corrected chi connectivity index (χ2v) is 7.83. The third kappa shape index (κ3) is 3.67. The van der Waals surface area contributed by atoms with Gasteiger partial charge in [0.1, 0.15) is 10.8 Å². The molecule has 3 rings (SSSR count). The zero-order valence-electron chi connectivity index (χ0n) is 14.5. The van der Waals surface area contributed by atoms with Crippen LogP contribution in [0.3, 0.4) is 0 Å². The first-order valence-electron chi connectivity index (χ1n) is 7.85. The Hall–Kier alpha value is -1.98. The second-order valence-electron chi connectivity index (χ2n) is 6.59. The maximum Gasteiger partial charge on any atom is 0.420 e. The molecule has 0 spiro atoms. The van der Waals surface area contributed by atoms with Crippen molar-refractivity contribution in [2.75, 3.05) is 6.26 Å². The summed E-state index contributed by atoms with van der Waals surface area (Å²) in [7, 11) is 0. The van der Waals surface area contributed by atoms with Crippen LogP contribution < -0.4 is 0 Å². The first-order chi connectivity index (χ1) is 11.8. The number of pyridine rings is 1. The van der Waals surface area contributed by atoms with Gasteiger partial charge < -0.3 is 4.74 Å². The summed E-state index contributed by atoms with van der Waals surface area (Å²) < 4.78 is 7.10. The van der Waals surface area contributed by atoms with Crippen LogP contribution in [0.15, 0.2) is 47.4 Å². The number of fused-ring (bicyclic) bond motifs is 1. The molecule has 3 aromatic rings. The van der Waals surface area contributed by atoms with E-state index < -0.39 is 11.7 Å². The molecule has 0 atom stereocenters. The molecule has 0 saturated carbocycles. The molecule has 0 aliphatic carbocycles. The van der Waals surface area contributed by atoms with Gasteiger partial charge >= 0.3 is 6.09 Å². The topological polar surface area (TPSA) is 44.1 Å². The number of hydrogen-bond donors (Lipinski definition) is 0. The maximum absolute atomic E-state index is 12.9. The van der Waals surface area contributed by atoms with E-state index in [0.29, 0.717) is 10.8 Å². The third-order valence-electron chi connectivity index (χ3n) is 3.58. The van der Waals surface area contributed by atoms with Crippen molar-refractivity contribution in [3.63, 3.8) is 0 Å². The van der Waals surface area contributed by atoms with Gasteiger partial charge in [-0.25, -0.2) is 14.3 Å². The predicted molar refractivity (Wildman–Crippen MR) is 104 cm³/mol. The van der Waals surface area contributed by atoms with Crippen molar-refractivity contribution >= 4 is 40.5 Å². The van der Waals surface area contributed by atoms with Gasteiger partial charge in [-0.15, -0.1) is 11.8 Å². The average molecular weight is 375 g/mol. The quantitative estimate of drug-likeness (QED) is 0.416. The van der Waals surface area contributed by atoms with Crippen molar-refractivity contribution < 1.29 is 9.53 Å². The highest BCUT2D eigenvalue weighted by Gasteiger charge is 2.24. The van der Waals surface area contributed by atoms with E-state index in [1.54, 1.807) is 17.8 Å². The van der Waals surface area contributed by atoms with Crippen LogP contribution in [0, 0.1) is 0 Å². The molecule has 0 aliphatic heterocycles. The van der Waals surface area contributed by atoms with E-state index >= 15 is 0 Å². The molecule has 0 fully saturated rings. The molecule has 1 aromatic carbocycles. The molecular weight excluding hydrogens is 356 g/mol. The Kier molecular flexibility index (Phi) is 4.80. The van der Waals surface area contributed by atoms with E-state index in [1.165, 1.54) is 4.57 Å². The zero-order chi connectivity index (χ0) is 18.2. The number of rotatable bonds is 2. The fourth-order valence-corrected chi connectivity index (χ4v) is 3.35. The Morgan fingerprint density at radius 2 is 1.92 bits per heavy atom. The van der Waals surface area contributed by atoms with E-state index in [-0.39, 0.29) is 0 Å². The van der Waals surface area contributed by atoms with Gasteiger partial charge in [-0.3, -0.25) is 0 Å². The standard InChI is InChI=1S/C19H19ClN2O2S/c1-19(2,3)24-18(23)22-14(13-7-5-6-8-15(13)25-4)11-12-9-10-16(20)21-17(12)22/h5-11H,1-4H3. The lowest BCUT2D eigenvalue weighted by Crippen LogP contribution is -2.27. The van der Waals surface area contributed by atoms with Crippen LogP contribution in [-0.4, -0.2) is 27.5 Å². The Bertz CT molecular complexity index is 944. The number of carbonyl (C=O) groups excluding carboxylic acids is 1. The highest BCUT2D eigenvalue weighted by atomic mass is 35.5. The highest BCUT2D eigenvalue weighted by Crippen LogP contribution is 2.34. The van der Waals surface area contributed by atoms with Crippen LogP contribution in [0.1, 0.15) is 20.8 Å². The first-order valence-corrected chi connectivity index (χ1v) is 9.45. The van der Waals surface area contributed by atoms with Gasteiger partial charge in [0, 0.05) is 15.8 Å². The van der Waals surface area contributed by atoms with Gasteiger partial charge in [-0.05, 0) is 51.3 Å². The van der Waals surface area contributed by atoms with Crippen molar-refractivity contribution in [2.45, 2.75) is 31.3 Å². The molecule has 0 saturated heterocycles. The molecule has 4 nitrogen and oxygen atoms in total. The van der Waals surface area contributed by atoms with Crippen molar-refractivity contribution in [1.82, 2.24) is 9.55 Å². The van der Waals surface area contributed by atoms with E-state index in [0.717, 1.165) is 21.5 Å². The smallest absolute Gasteiger partial charge is 0.420 e. The number of halogens is 1. The molecule has 0 amide bonds. The molecular formula is C19H19ClN2O2S. The van der Waals surface area contributed by atoms with Crippen LogP contribution in [-0.2, 0) is 4.74 Å². The zero-order valence-corrected chi connectivity index (χ0v) is 16.1. The van der Waals surface area contributed by atoms with Crippen LogP contribution in [0.25, 0.3) is 22.3 Å². The molecule has 0 unspecified atom stereocenters. The molecule has 25 heavy (non-hydrogen) atoms.